The minimum Gasteiger partial charge on any atom is -0.258 e. The summed E-state index contributed by atoms with van der Waals surface area (Å²) in [7, 11) is 0. The normalized spacial score (nSPS) is 10.6. The fourth-order valence-corrected chi connectivity index (χ4v) is 3.95. The van der Waals surface area contributed by atoms with Gasteiger partial charge in [0.2, 0.25) is 0 Å². The van der Waals surface area contributed by atoms with Gasteiger partial charge in [-0.2, -0.15) is 0 Å². The molecule has 2 aromatic carbocycles. The minimum absolute atomic E-state index is 0.303. The maximum absolute atomic E-state index is 11.6. The van der Waals surface area contributed by atoms with Gasteiger partial charge in [-0.05, 0) is 25.0 Å². The second-order valence-electron chi connectivity index (χ2n) is 5.71. The van der Waals surface area contributed by atoms with Gasteiger partial charge >= 0.3 is 11.4 Å². The van der Waals surface area contributed by atoms with Gasteiger partial charge in [-0.15, -0.1) is 11.3 Å². The zero-order chi connectivity index (χ0) is 18.1. The standard InChI is InChI=1S/C18H14N2O4S/c1-11-5-3-7-13(9-11)17-15(19(21)22)16(20(23)24)18(25-17)14-8-4-6-12(2)10-14/h3-10H,1-2H3. The molecule has 0 amide bonds. The zero-order valence-corrected chi connectivity index (χ0v) is 14.4. The fraction of sp³-hybridized carbons (Fsp3) is 0.111. The number of benzene rings is 2. The van der Waals surface area contributed by atoms with E-state index < -0.39 is 21.2 Å². The van der Waals surface area contributed by atoms with Gasteiger partial charge in [0.25, 0.3) is 0 Å². The van der Waals surface area contributed by atoms with Gasteiger partial charge < -0.3 is 0 Å². The first-order valence-corrected chi connectivity index (χ1v) is 8.29. The van der Waals surface area contributed by atoms with Crippen molar-refractivity contribution in [1.29, 1.82) is 0 Å². The van der Waals surface area contributed by atoms with E-state index in [1.807, 2.05) is 26.0 Å². The first-order valence-electron chi connectivity index (χ1n) is 7.48. The molecular weight excluding hydrogens is 340 g/mol. The second kappa shape index (κ2) is 6.45. The summed E-state index contributed by atoms with van der Waals surface area (Å²) in [6.45, 7) is 3.75. The largest absolute Gasteiger partial charge is 0.365 e. The van der Waals surface area contributed by atoms with E-state index in [1.165, 1.54) is 0 Å². The Hall–Kier alpha value is -3.06. The Balaban J connectivity index is 2.35. The first kappa shape index (κ1) is 16.8. The number of hydrogen-bond donors (Lipinski definition) is 0. The van der Waals surface area contributed by atoms with Crippen molar-refractivity contribution in [2.45, 2.75) is 13.8 Å². The van der Waals surface area contributed by atoms with Crippen LogP contribution < -0.4 is 0 Å². The molecule has 0 aliphatic heterocycles. The molecule has 0 atom stereocenters. The van der Waals surface area contributed by atoms with Gasteiger partial charge in [0.15, 0.2) is 0 Å². The molecule has 0 fully saturated rings. The third kappa shape index (κ3) is 3.14. The quantitative estimate of drug-likeness (QED) is 0.456. The SMILES string of the molecule is Cc1cccc(-c2sc(-c3cccc(C)c3)c([N+](=O)[O-])c2[N+](=O)[O-])c1. The van der Waals surface area contributed by atoms with Crippen molar-refractivity contribution in [3.8, 4) is 20.9 Å². The van der Waals surface area contributed by atoms with E-state index >= 15 is 0 Å². The van der Waals surface area contributed by atoms with Crippen LogP contribution in [0.5, 0.6) is 0 Å². The monoisotopic (exact) mass is 354 g/mol. The molecule has 0 bridgehead atoms. The van der Waals surface area contributed by atoms with E-state index in [-0.39, 0.29) is 0 Å². The smallest absolute Gasteiger partial charge is 0.258 e. The summed E-state index contributed by atoms with van der Waals surface area (Å²) in [6, 6.07) is 14.4. The molecule has 0 N–H and O–H groups in total. The summed E-state index contributed by atoms with van der Waals surface area (Å²) in [4.78, 5) is 22.5. The van der Waals surface area contributed by atoms with Crippen LogP contribution in [-0.2, 0) is 0 Å². The maximum Gasteiger partial charge on any atom is 0.365 e. The lowest BCUT2D eigenvalue weighted by Crippen LogP contribution is -1.96. The van der Waals surface area contributed by atoms with Crippen LogP contribution in [0.15, 0.2) is 48.5 Å². The maximum atomic E-state index is 11.6. The Morgan fingerprint density at radius 3 is 1.48 bits per heavy atom. The molecule has 126 valence electrons. The molecule has 0 saturated heterocycles. The topological polar surface area (TPSA) is 86.3 Å². The molecule has 0 aliphatic rings. The predicted octanol–water partition coefficient (Wildman–Crippen LogP) is 5.52. The van der Waals surface area contributed by atoms with Crippen molar-refractivity contribution in [1.82, 2.24) is 0 Å². The number of nitrogens with zero attached hydrogens (tertiary/aromatic N) is 2. The van der Waals surface area contributed by atoms with Crippen LogP contribution in [0.4, 0.5) is 11.4 Å². The average molecular weight is 354 g/mol. The van der Waals surface area contributed by atoms with Crippen LogP contribution in [0.1, 0.15) is 11.1 Å². The van der Waals surface area contributed by atoms with Crippen LogP contribution in [0.3, 0.4) is 0 Å². The summed E-state index contributed by atoms with van der Waals surface area (Å²) >= 11 is 1.08. The van der Waals surface area contributed by atoms with E-state index in [0.717, 1.165) is 22.5 Å². The number of aryl methyl sites for hydroxylation is 2. The fourth-order valence-electron chi connectivity index (χ4n) is 2.72. The molecule has 0 saturated carbocycles. The van der Waals surface area contributed by atoms with Crippen LogP contribution in [0.2, 0.25) is 0 Å². The zero-order valence-electron chi connectivity index (χ0n) is 13.6. The Morgan fingerprint density at radius 1 is 0.760 bits per heavy atom. The Kier molecular flexibility index (Phi) is 4.33. The van der Waals surface area contributed by atoms with E-state index in [2.05, 4.69) is 0 Å². The van der Waals surface area contributed by atoms with Gasteiger partial charge in [0.05, 0.1) is 9.85 Å². The lowest BCUT2D eigenvalue weighted by atomic mass is 10.1. The molecule has 7 heteroatoms. The predicted molar refractivity (Wildman–Crippen MR) is 98.0 cm³/mol. The molecule has 3 aromatic rings. The van der Waals surface area contributed by atoms with Crippen LogP contribution in [-0.4, -0.2) is 9.85 Å². The lowest BCUT2D eigenvalue weighted by Gasteiger charge is -1.99. The number of rotatable bonds is 4. The van der Waals surface area contributed by atoms with Gasteiger partial charge in [0, 0.05) is 0 Å². The highest BCUT2D eigenvalue weighted by molar-refractivity contribution is 7.20. The summed E-state index contributed by atoms with van der Waals surface area (Å²) in [5.74, 6) is 0. The van der Waals surface area contributed by atoms with Crippen molar-refractivity contribution < 1.29 is 9.85 Å². The molecule has 25 heavy (non-hydrogen) atoms. The average Bonchev–Trinajstić information content (AvgIpc) is 2.96. The summed E-state index contributed by atoms with van der Waals surface area (Å²) in [6.07, 6.45) is 0. The minimum atomic E-state index is -0.661. The Bertz CT molecular complexity index is 916. The van der Waals surface area contributed by atoms with E-state index in [4.69, 9.17) is 0 Å². The number of thiophene rings is 1. The first-order chi connectivity index (χ1) is 11.9. The molecular formula is C18H14N2O4S. The summed E-state index contributed by atoms with van der Waals surface area (Å²) < 4.78 is 0. The molecule has 0 unspecified atom stereocenters. The van der Waals surface area contributed by atoms with Crippen LogP contribution in [0.25, 0.3) is 20.9 Å². The van der Waals surface area contributed by atoms with Gasteiger partial charge in [-0.1, -0.05) is 59.7 Å². The molecule has 6 nitrogen and oxygen atoms in total. The van der Waals surface area contributed by atoms with E-state index in [0.29, 0.717) is 20.9 Å². The third-order valence-corrected chi connectivity index (χ3v) is 5.05. The summed E-state index contributed by atoms with van der Waals surface area (Å²) in [5, 5.41) is 23.2. The van der Waals surface area contributed by atoms with Crippen molar-refractivity contribution in [2.24, 2.45) is 0 Å². The molecule has 1 aromatic heterocycles. The number of hydrogen-bond acceptors (Lipinski definition) is 5. The highest BCUT2D eigenvalue weighted by Crippen LogP contribution is 2.51. The van der Waals surface area contributed by atoms with Crippen LogP contribution >= 0.6 is 11.3 Å². The Morgan fingerprint density at radius 2 is 1.16 bits per heavy atom. The van der Waals surface area contributed by atoms with Crippen molar-refractivity contribution in [3.63, 3.8) is 0 Å². The molecule has 3 rings (SSSR count). The second-order valence-corrected chi connectivity index (χ2v) is 6.73. The number of nitro groups is 2. The molecule has 0 aliphatic carbocycles. The van der Waals surface area contributed by atoms with E-state index in [1.54, 1.807) is 36.4 Å². The highest BCUT2D eigenvalue weighted by atomic mass is 32.1. The summed E-state index contributed by atoms with van der Waals surface area (Å²) in [5.41, 5.74) is 2.19. The van der Waals surface area contributed by atoms with Crippen molar-refractivity contribution >= 4 is 22.7 Å². The third-order valence-electron chi connectivity index (χ3n) is 3.78. The van der Waals surface area contributed by atoms with Gasteiger partial charge in [-0.25, -0.2) is 0 Å². The Labute approximate surface area is 147 Å². The molecule has 1 heterocycles. The van der Waals surface area contributed by atoms with Gasteiger partial charge in [0.1, 0.15) is 9.75 Å². The van der Waals surface area contributed by atoms with Crippen molar-refractivity contribution in [3.05, 3.63) is 79.9 Å². The van der Waals surface area contributed by atoms with E-state index in [9.17, 15) is 20.2 Å². The van der Waals surface area contributed by atoms with Crippen molar-refractivity contribution in [2.75, 3.05) is 0 Å². The van der Waals surface area contributed by atoms with Crippen LogP contribution in [0, 0.1) is 34.1 Å². The van der Waals surface area contributed by atoms with Gasteiger partial charge in [-0.3, -0.25) is 20.2 Å². The highest BCUT2D eigenvalue weighted by Gasteiger charge is 2.37. The molecule has 0 spiro atoms. The molecule has 0 radical (unpaired) electrons. The lowest BCUT2D eigenvalue weighted by molar-refractivity contribution is -0.420.